The summed E-state index contributed by atoms with van der Waals surface area (Å²) in [7, 11) is 0. The first-order chi connectivity index (χ1) is 14.6. The van der Waals surface area contributed by atoms with E-state index in [1.165, 1.54) is 5.56 Å². The minimum absolute atomic E-state index is 0.0511. The van der Waals surface area contributed by atoms with Gasteiger partial charge in [0.25, 0.3) is 0 Å². The average molecular weight is 411 g/mol. The summed E-state index contributed by atoms with van der Waals surface area (Å²) in [5.41, 5.74) is 1.23. The molecule has 0 spiro atoms. The molecule has 1 aliphatic carbocycles. The lowest BCUT2D eigenvalue weighted by Crippen LogP contribution is -2.49. The van der Waals surface area contributed by atoms with E-state index in [0.717, 1.165) is 38.1 Å². The van der Waals surface area contributed by atoms with Gasteiger partial charge in [-0.1, -0.05) is 48.5 Å². The van der Waals surface area contributed by atoms with Gasteiger partial charge in [-0.2, -0.15) is 0 Å². The van der Waals surface area contributed by atoms with Crippen LogP contribution in [0.15, 0.2) is 60.7 Å². The largest absolute Gasteiger partial charge is 0.491 e. The van der Waals surface area contributed by atoms with Crippen molar-refractivity contribution in [3.8, 4) is 5.75 Å². The number of carboxylic acid groups (broad SMARTS) is 1. The second kappa shape index (κ2) is 9.49. The number of likely N-dealkylation sites (tertiary alicyclic amines) is 1. The second-order valence-corrected chi connectivity index (χ2v) is 8.32. The maximum atomic E-state index is 12.0. The Hall–Kier alpha value is -2.57. The highest BCUT2D eigenvalue weighted by molar-refractivity contribution is 5.67. The molecule has 2 aromatic carbocycles. The first kappa shape index (κ1) is 20.7. The number of benzene rings is 2. The van der Waals surface area contributed by atoms with Gasteiger partial charge in [-0.15, -0.1) is 0 Å². The van der Waals surface area contributed by atoms with Gasteiger partial charge in [-0.3, -0.25) is 0 Å². The molecule has 30 heavy (non-hydrogen) atoms. The molecule has 0 aromatic heterocycles. The summed E-state index contributed by atoms with van der Waals surface area (Å²) in [6, 6.07) is 19.8. The van der Waals surface area contributed by atoms with Crippen LogP contribution in [0.2, 0.25) is 0 Å². The van der Waals surface area contributed by atoms with Crippen LogP contribution in [0.1, 0.15) is 30.7 Å². The third-order valence-electron chi connectivity index (χ3n) is 6.17. The van der Waals surface area contributed by atoms with Crippen molar-refractivity contribution in [2.75, 3.05) is 26.2 Å². The Balaban J connectivity index is 1.24. The van der Waals surface area contributed by atoms with E-state index in [9.17, 15) is 15.0 Å². The summed E-state index contributed by atoms with van der Waals surface area (Å²) < 4.78 is 5.63. The fourth-order valence-corrected chi connectivity index (χ4v) is 4.56. The zero-order chi connectivity index (χ0) is 20.9. The Morgan fingerprint density at radius 2 is 1.70 bits per heavy atom. The number of amides is 1. The lowest BCUT2D eigenvalue weighted by Gasteiger charge is -2.38. The second-order valence-electron chi connectivity index (χ2n) is 8.32. The lowest BCUT2D eigenvalue weighted by molar-refractivity contribution is 0.0424. The summed E-state index contributed by atoms with van der Waals surface area (Å²) >= 11 is 0. The first-order valence-electron chi connectivity index (χ1n) is 10.8. The van der Waals surface area contributed by atoms with Crippen molar-refractivity contribution in [2.24, 2.45) is 0 Å². The van der Waals surface area contributed by atoms with Crippen LogP contribution in [0.3, 0.4) is 0 Å². The van der Waals surface area contributed by atoms with Gasteiger partial charge in [0.1, 0.15) is 18.5 Å². The van der Waals surface area contributed by atoms with E-state index in [2.05, 4.69) is 17.0 Å². The van der Waals surface area contributed by atoms with E-state index in [1.54, 1.807) is 4.90 Å². The number of hydrogen-bond acceptors (Lipinski definition) is 4. The Bertz CT molecular complexity index is 808. The molecule has 2 N–H and O–H groups in total. The smallest absolute Gasteiger partial charge is 0.407 e. The highest BCUT2D eigenvalue weighted by Crippen LogP contribution is 2.46. The highest BCUT2D eigenvalue weighted by atomic mass is 16.5. The molecule has 1 unspecified atom stereocenters. The van der Waals surface area contributed by atoms with Crippen molar-refractivity contribution in [1.29, 1.82) is 0 Å². The van der Waals surface area contributed by atoms with Gasteiger partial charge >= 0.3 is 6.09 Å². The van der Waals surface area contributed by atoms with Crippen LogP contribution < -0.4 is 4.74 Å². The van der Waals surface area contributed by atoms with Gasteiger partial charge in [0.2, 0.25) is 0 Å². The predicted molar refractivity (Wildman–Crippen MR) is 115 cm³/mol. The minimum atomic E-state index is -0.812. The Labute approximate surface area is 177 Å². The van der Waals surface area contributed by atoms with E-state index in [4.69, 9.17) is 4.74 Å². The number of nitrogens with zero attached hydrogens (tertiary/aromatic N) is 2. The molecule has 0 bridgehead atoms. The van der Waals surface area contributed by atoms with Crippen molar-refractivity contribution in [3.63, 3.8) is 0 Å². The standard InChI is InChI=1S/C24H30N2O4/c27-20(17-30-21-9-5-2-6-10-21)16-25-13-11-19(12-14-25)26(24(28)29)23-15-22(23)18-7-3-1-4-8-18/h1-10,19-20,22-23,27H,11-17H2,(H,28,29)/t20?,22-,23+/m0/s1. The third-order valence-corrected chi connectivity index (χ3v) is 6.17. The van der Waals surface area contributed by atoms with Gasteiger partial charge < -0.3 is 24.7 Å². The Morgan fingerprint density at radius 1 is 1.07 bits per heavy atom. The van der Waals surface area contributed by atoms with Gasteiger partial charge in [-0.05, 0) is 37.0 Å². The number of aliphatic hydroxyl groups is 1. The monoisotopic (exact) mass is 410 g/mol. The number of para-hydroxylation sites is 1. The van der Waals surface area contributed by atoms with Gasteiger partial charge in [-0.25, -0.2) is 4.79 Å². The van der Waals surface area contributed by atoms with Gasteiger partial charge in [0.05, 0.1) is 0 Å². The van der Waals surface area contributed by atoms with Crippen LogP contribution in [-0.4, -0.2) is 70.5 Å². The molecule has 1 heterocycles. The molecular weight excluding hydrogens is 380 g/mol. The fraction of sp³-hybridized carbons (Fsp3) is 0.458. The number of hydrogen-bond donors (Lipinski definition) is 2. The predicted octanol–water partition coefficient (Wildman–Crippen LogP) is 3.43. The van der Waals surface area contributed by atoms with E-state index >= 15 is 0 Å². The SMILES string of the molecule is O=C(O)N(C1CCN(CC(O)COc2ccccc2)CC1)[C@@H]1C[C@H]1c1ccccc1. The maximum absolute atomic E-state index is 12.0. The summed E-state index contributed by atoms with van der Waals surface area (Å²) in [4.78, 5) is 15.9. The van der Waals surface area contributed by atoms with Gasteiger partial charge in [0, 0.05) is 37.6 Å². The third kappa shape index (κ3) is 5.12. The van der Waals surface area contributed by atoms with Crippen molar-refractivity contribution in [2.45, 2.75) is 43.4 Å². The minimum Gasteiger partial charge on any atom is -0.491 e. The van der Waals surface area contributed by atoms with Crippen LogP contribution in [0.25, 0.3) is 0 Å². The van der Waals surface area contributed by atoms with E-state index in [0.29, 0.717) is 12.5 Å². The van der Waals surface area contributed by atoms with E-state index < -0.39 is 12.2 Å². The number of piperidine rings is 1. The summed E-state index contributed by atoms with van der Waals surface area (Å²) in [5, 5.41) is 20.2. The number of ether oxygens (including phenoxy) is 1. The normalized spacial score (nSPS) is 23.0. The van der Waals surface area contributed by atoms with Gasteiger partial charge in [0.15, 0.2) is 0 Å². The fourth-order valence-electron chi connectivity index (χ4n) is 4.56. The summed E-state index contributed by atoms with van der Waals surface area (Å²) in [6.07, 6.45) is 1.13. The Morgan fingerprint density at radius 3 is 2.33 bits per heavy atom. The highest BCUT2D eigenvalue weighted by Gasteiger charge is 2.47. The van der Waals surface area contributed by atoms with Crippen LogP contribution in [0, 0.1) is 0 Å². The van der Waals surface area contributed by atoms with E-state index in [1.807, 2.05) is 48.5 Å². The number of carbonyl (C=O) groups is 1. The quantitative estimate of drug-likeness (QED) is 0.698. The maximum Gasteiger partial charge on any atom is 0.407 e. The van der Waals surface area contributed by atoms with Crippen LogP contribution >= 0.6 is 0 Å². The molecule has 4 rings (SSSR count). The number of aliphatic hydroxyl groups excluding tert-OH is 1. The number of rotatable bonds is 8. The average Bonchev–Trinajstić information content (AvgIpc) is 3.55. The molecule has 1 saturated carbocycles. The molecule has 1 amide bonds. The van der Waals surface area contributed by atoms with Crippen LogP contribution in [0.5, 0.6) is 5.75 Å². The molecule has 2 aromatic rings. The van der Waals surface area contributed by atoms with Crippen molar-refractivity contribution in [3.05, 3.63) is 66.2 Å². The molecule has 3 atom stereocenters. The molecule has 6 heteroatoms. The first-order valence-corrected chi connectivity index (χ1v) is 10.8. The zero-order valence-electron chi connectivity index (χ0n) is 17.1. The van der Waals surface area contributed by atoms with Crippen molar-refractivity contribution < 1.29 is 19.7 Å². The molecule has 2 aliphatic rings. The molecule has 0 radical (unpaired) electrons. The lowest BCUT2D eigenvalue weighted by atomic mass is 10.0. The molecule has 160 valence electrons. The van der Waals surface area contributed by atoms with Crippen LogP contribution in [0.4, 0.5) is 4.79 Å². The molecule has 1 aliphatic heterocycles. The topological polar surface area (TPSA) is 73.2 Å². The molecular formula is C24H30N2O4. The van der Waals surface area contributed by atoms with E-state index in [-0.39, 0.29) is 18.7 Å². The number of β-amino-alcohol motifs (C(OH)–C–C–N with tert-alkyl or cyclic N) is 1. The van der Waals surface area contributed by atoms with Crippen molar-refractivity contribution >= 4 is 6.09 Å². The molecule has 6 nitrogen and oxygen atoms in total. The molecule has 2 fully saturated rings. The zero-order valence-corrected chi connectivity index (χ0v) is 17.1. The summed E-state index contributed by atoms with van der Waals surface area (Å²) in [5.74, 6) is 1.07. The van der Waals surface area contributed by atoms with Crippen LogP contribution in [-0.2, 0) is 0 Å². The van der Waals surface area contributed by atoms with Crippen molar-refractivity contribution in [1.82, 2.24) is 9.80 Å². The summed E-state index contributed by atoms with van der Waals surface area (Å²) in [6.45, 7) is 2.38. The molecule has 1 saturated heterocycles. The Kier molecular flexibility index (Phi) is 6.55.